The first-order chi connectivity index (χ1) is 17.9. The van der Waals surface area contributed by atoms with Gasteiger partial charge in [-0.05, 0) is 49.2 Å². The third-order valence-electron chi connectivity index (χ3n) is 6.18. The molecule has 37 heavy (non-hydrogen) atoms. The maximum Gasteiger partial charge on any atom is 0.343 e. The average Bonchev–Trinajstić information content (AvgIpc) is 2.90. The van der Waals surface area contributed by atoms with Gasteiger partial charge >= 0.3 is 5.97 Å². The molecule has 1 aliphatic heterocycles. The summed E-state index contributed by atoms with van der Waals surface area (Å²) in [4.78, 5) is 12.6. The Kier molecular flexibility index (Phi) is 7.99. The summed E-state index contributed by atoms with van der Waals surface area (Å²) in [6.45, 7) is 4.65. The minimum atomic E-state index is -0.488. The molecule has 190 valence electrons. The molecule has 0 aromatic heterocycles. The Morgan fingerprint density at radius 2 is 1.92 bits per heavy atom. The first kappa shape index (κ1) is 25.6. The molecule has 1 heterocycles. The van der Waals surface area contributed by atoms with Crippen LogP contribution in [-0.4, -0.2) is 19.7 Å². The number of rotatable bonds is 9. The van der Waals surface area contributed by atoms with Gasteiger partial charge in [-0.15, -0.1) is 0 Å². The van der Waals surface area contributed by atoms with Crippen molar-refractivity contribution in [2.45, 2.75) is 39.0 Å². The summed E-state index contributed by atoms with van der Waals surface area (Å²) in [7, 11) is 1.58. The van der Waals surface area contributed by atoms with Gasteiger partial charge in [-0.3, -0.25) is 0 Å². The standard InChI is InChI=1S/C30H30N2O5/c1-4-5-6-14-35-25-13-10-20(16-27(25)34-3)28-23-12-11-22(17-26(23)37-29(32)24(28)18-31)36-30(33)21-9-7-8-19(2)15-21/h7-13,15-17,28H,4-6,14,32H2,1-3H3. The van der Waals surface area contributed by atoms with Crippen LogP contribution in [0, 0.1) is 18.3 Å². The van der Waals surface area contributed by atoms with Crippen molar-refractivity contribution in [3.8, 4) is 29.1 Å². The largest absolute Gasteiger partial charge is 0.493 e. The summed E-state index contributed by atoms with van der Waals surface area (Å²) in [5.41, 5.74) is 9.37. The Morgan fingerprint density at radius 3 is 2.65 bits per heavy atom. The number of nitriles is 1. The fraction of sp³-hybridized carbons (Fsp3) is 0.267. The summed E-state index contributed by atoms with van der Waals surface area (Å²) in [5.74, 6) is 0.974. The number of hydrogen-bond donors (Lipinski definition) is 1. The Hall–Kier alpha value is -4.44. The van der Waals surface area contributed by atoms with Crippen LogP contribution in [0.3, 0.4) is 0 Å². The van der Waals surface area contributed by atoms with Crippen molar-refractivity contribution in [1.29, 1.82) is 5.26 Å². The molecule has 0 spiro atoms. The SMILES string of the molecule is CCCCCOc1ccc(C2C(C#N)=C(N)Oc3cc(OC(=O)c4cccc(C)c4)ccc32)cc1OC. The molecule has 3 aromatic carbocycles. The highest BCUT2D eigenvalue weighted by atomic mass is 16.5. The predicted molar refractivity (Wildman–Crippen MR) is 140 cm³/mol. The molecule has 7 nitrogen and oxygen atoms in total. The van der Waals surface area contributed by atoms with Crippen molar-refractivity contribution < 1.29 is 23.7 Å². The van der Waals surface area contributed by atoms with Gasteiger partial charge in [0.2, 0.25) is 5.88 Å². The lowest BCUT2D eigenvalue weighted by Gasteiger charge is -2.27. The monoisotopic (exact) mass is 498 g/mol. The summed E-state index contributed by atoms with van der Waals surface area (Å²) < 4.78 is 22.9. The highest BCUT2D eigenvalue weighted by molar-refractivity contribution is 5.91. The van der Waals surface area contributed by atoms with E-state index >= 15 is 0 Å². The Bertz CT molecular complexity index is 1370. The molecule has 0 bridgehead atoms. The highest BCUT2D eigenvalue weighted by Crippen LogP contribution is 2.45. The Morgan fingerprint density at radius 1 is 1.08 bits per heavy atom. The van der Waals surface area contributed by atoms with E-state index in [1.54, 1.807) is 43.5 Å². The van der Waals surface area contributed by atoms with Crippen LogP contribution in [0.25, 0.3) is 0 Å². The number of methoxy groups -OCH3 is 1. The summed E-state index contributed by atoms with van der Waals surface area (Å²) in [5, 5.41) is 9.90. The normalized spacial score (nSPS) is 14.3. The summed E-state index contributed by atoms with van der Waals surface area (Å²) >= 11 is 0. The van der Waals surface area contributed by atoms with E-state index in [1.807, 2.05) is 31.2 Å². The second kappa shape index (κ2) is 11.5. The van der Waals surface area contributed by atoms with E-state index in [2.05, 4.69) is 13.0 Å². The van der Waals surface area contributed by atoms with E-state index in [9.17, 15) is 10.1 Å². The van der Waals surface area contributed by atoms with E-state index in [0.29, 0.717) is 35.2 Å². The molecule has 0 fully saturated rings. The second-order valence-corrected chi connectivity index (χ2v) is 8.85. The molecule has 1 aliphatic rings. The van der Waals surface area contributed by atoms with Crippen LogP contribution in [0.4, 0.5) is 0 Å². The van der Waals surface area contributed by atoms with Crippen LogP contribution in [-0.2, 0) is 0 Å². The number of carbonyl (C=O) groups excluding carboxylic acids is 1. The maximum absolute atomic E-state index is 12.6. The third kappa shape index (κ3) is 5.70. The first-order valence-corrected chi connectivity index (χ1v) is 12.3. The molecular weight excluding hydrogens is 468 g/mol. The summed E-state index contributed by atoms with van der Waals surface area (Å²) in [6.07, 6.45) is 3.17. The maximum atomic E-state index is 12.6. The lowest BCUT2D eigenvalue weighted by Crippen LogP contribution is -2.21. The molecule has 4 rings (SSSR count). The number of ether oxygens (including phenoxy) is 4. The van der Waals surface area contributed by atoms with Gasteiger partial charge in [-0.2, -0.15) is 5.26 Å². The van der Waals surface area contributed by atoms with Crippen molar-refractivity contribution >= 4 is 5.97 Å². The fourth-order valence-corrected chi connectivity index (χ4v) is 4.30. The zero-order valence-corrected chi connectivity index (χ0v) is 21.2. The van der Waals surface area contributed by atoms with Gasteiger partial charge < -0.3 is 24.7 Å². The minimum Gasteiger partial charge on any atom is -0.493 e. The minimum absolute atomic E-state index is 0.000944. The first-order valence-electron chi connectivity index (χ1n) is 12.3. The lowest BCUT2D eigenvalue weighted by atomic mass is 9.83. The van der Waals surface area contributed by atoms with Gasteiger partial charge in [-0.1, -0.05) is 49.6 Å². The van der Waals surface area contributed by atoms with Crippen molar-refractivity contribution in [2.75, 3.05) is 13.7 Å². The van der Waals surface area contributed by atoms with Gasteiger partial charge in [0.15, 0.2) is 11.5 Å². The number of allylic oxidation sites excluding steroid dienone is 1. The van der Waals surface area contributed by atoms with Crippen LogP contribution in [0.15, 0.2) is 72.1 Å². The van der Waals surface area contributed by atoms with Crippen LogP contribution in [0.5, 0.6) is 23.0 Å². The molecular formula is C30H30N2O5. The second-order valence-electron chi connectivity index (χ2n) is 8.85. The van der Waals surface area contributed by atoms with Crippen molar-refractivity contribution in [1.82, 2.24) is 0 Å². The highest BCUT2D eigenvalue weighted by Gasteiger charge is 2.32. The van der Waals surface area contributed by atoms with E-state index in [0.717, 1.165) is 36.0 Å². The number of aryl methyl sites for hydroxylation is 1. The number of hydrogen-bond acceptors (Lipinski definition) is 7. The average molecular weight is 499 g/mol. The smallest absolute Gasteiger partial charge is 0.343 e. The van der Waals surface area contributed by atoms with Gasteiger partial charge in [0, 0.05) is 11.6 Å². The van der Waals surface area contributed by atoms with E-state index in [4.69, 9.17) is 24.7 Å². The Labute approximate surface area is 217 Å². The van der Waals surface area contributed by atoms with E-state index in [1.165, 1.54) is 0 Å². The zero-order chi connectivity index (χ0) is 26.4. The van der Waals surface area contributed by atoms with Gasteiger partial charge in [0.05, 0.1) is 25.2 Å². The molecule has 0 saturated carbocycles. The quantitative estimate of drug-likeness (QED) is 0.219. The Balaban J connectivity index is 1.64. The molecule has 0 amide bonds. The zero-order valence-electron chi connectivity index (χ0n) is 21.2. The number of nitrogens with zero attached hydrogens (tertiary/aromatic N) is 1. The van der Waals surface area contributed by atoms with E-state index in [-0.39, 0.29) is 11.5 Å². The van der Waals surface area contributed by atoms with Gasteiger partial charge in [-0.25, -0.2) is 4.79 Å². The lowest BCUT2D eigenvalue weighted by molar-refractivity contribution is 0.0734. The molecule has 0 radical (unpaired) electrons. The van der Waals surface area contributed by atoms with Crippen LogP contribution < -0.4 is 24.7 Å². The number of carbonyl (C=O) groups is 1. The van der Waals surface area contributed by atoms with Crippen LogP contribution in [0.1, 0.15) is 59.2 Å². The number of fused-ring (bicyclic) bond motifs is 1. The van der Waals surface area contributed by atoms with Crippen molar-refractivity contribution in [3.63, 3.8) is 0 Å². The molecule has 0 saturated heterocycles. The summed E-state index contributed by atoms with van der Waals surface area (Å²) in [6, 6.07) is 20.0. The molecule has 0 aliphatic carbocycles. The van der Waals surface area contributed by atoms with Crippen LogP contribution >= 0.6 is 0 Å². The van der Waals surface area contributed by atoms with Crippen LogP contribution in [0.2, 0.25) is 0 Å². The van der Waals surface area contributed by atoms with Gasteiger partial charge in [0.1, 0.15) is 23.1 Å². The van der Waals surface area contributed by atoms with E-state index < -0.39 is 11.9 Å². The number of unbranched alkanes of at least 4 members (excludes halogenated alkanes) is 2. The predicted octanol–water partition coefficient (Wildman–Crippen LogP) is 6.01. The molecule has 3 aromatic rings. The number of nitrogens with two attached hydrogens (primary N) is 1. The third-order valence-corrected chi connectivity index (χ3v) is 6.18. The molecule has 1 atom stereocenters. The topological polar surface area (TPSA) is 104 Å². The fourth-order valence-electron chi connectivity index (χ4n) is 4.30. The molecule has 2 N–H and O–H groups in total. The van der Waals surface area contributed by atoms with Gasteiger partial charge in [0.25, 0.3) is 0 Å². The number of benzene rings is 3. The number of esters is 1. The molecule has 7 heteroatoms. The van der Waals surface area contributed by atoms with Crippen molar-refractivity contribution in [2.24, 2.45) is 5.73 Å². The van der Waals surface area contributed by atoms with Crippen molar-refractivity contribution in [3.05, 3.63) is 94.4 Å². The molecule has 1 unspecified atom stereocenters.